The standard InChI is InChI=1S/C20H26FN3O3/c1-12(2)24-18-4-3-13(23-16-5-7-26-10-15(16)21)9-14(18)19(20(24)25)17-11-27-8-6-22-17/h3-4,9,12,15-16,23,25H,5-8,10-11H2,1-2H3. The van der Waals surface area contributed by atoms with E-state index in [-0.39, 0.29) is 24.6 Å². The maximum atomic E-state index is 14.1. The molecule has 0 aliphatic carbocycles. The molecule has 1 aromatic heterocycles. The van der Waals surface area contributed by atoms with Gasteiger partial charge in [0.2, 0.25) is 5.88 Å². The van der Waals surface area contributed by atoms with Crippen molar-refractivity contribution in [2.75, 3.05) is 38.3 Å². The molecule has 0 amide bonds. The minimum Gasteiger partial charge on any atom is -0.494 e. The van der Waals surface area contributed by atoms with E-state index in [1.54, 1.807) is 0 Å². The topological polar surface area (TPSA) is 68.0 Å². The number of nitrogens with zero attached hydrogens (tertiary/aromatic N) is 2. The Labute approximate surface area is 158 Å². The Morgan fingerprint density at radius 2 is 2.15 bits per heavy atom. The number of aromatic nitrogens is 1. The number of halogens is 1. The van der Waals surface area contributed by atoms with Gasteiger partial charge in [-0.3, -0.25) is 4.99 Å². The zero-order valence-corrected chi connectivity index (χ0v) is 15.7. The summed E-state index contributed by atoms with van der Waals surface area (Å²) in [5, 5.41) is 15.1. The molecule has 2 N–H and O–H groups in total. The van der Waals surface area contributed by atoms with Crippen molar-refractivity contribution in [3.05, 3.63) is 23.8 Å². The first-order valence-corrected chi connectivity index (χ1v) is 9.53. The molecule has 1 saturated heterocycles. The van der Waals surface area contributed by atoms with Crippen LogP contribution < -0.4 is 5.32 Å². The van der Waals surface area contributed by atoms with Crippen molar-refractivity contribution in [3.63, 3.8) is 0 Å². The highest BCUT2D eigenvalue weighted by molar-refractivity contribution is 6.14. The molecule has 146 valence electrons. The second kappa shape index (κ2) is 7.48. The predicted octanol–water partition coefficient (Wildman–Crippen LogP) is 3.29. The van der Waals surface area contributed by atoms with Gasteiger partial charge in [-0.05, 0) is 38.5 Å². The number of hydrogen-bond donors (Lipinski definition) is 2. The molecule has 3 heterocycles. The van der Waals surface area contributed by atoms with E-state index in [4.69, 9.17) is 9.47 Å². The normalized spacial score (nSPS) is 23.6. The molecule has 0 spiro atoms. The first kappa shape index (κ1) is 18.3. The fourth-order valence-electron chi connectivity index (χ4n) is 3.89. The third kappa shape index (κ3) is 3.41. The van der Waals surface area contributed by atoms with Crippen molar-refractivity contribution in [1.82, 2.24) is 4.57 Å². The Balaban J connectivity index is 1.78. The SMILES string of the molecule is CC(C)n1c(O)c(C2=NCCOC2)c2cc(NC3CCOCC3F)ccc21. The van der Waals surface area contributed by atoms with Gasteiger partial charge in [0, 0.05) is 23.7 Å². The number of alkyl halides is 1. The lowest BCUT2D eigenvalue weighted by Gasteiger charge is -2.27. The second-order valence-corrected chi connectivity index (χ2v) is 7.41. The Hall–Kier alpha value is -2.12. The number of aliphatic imine (C=N–C) groups is 1. The van der Waals surface area contributed by atoms with Gasteiger partial charge in [-0.25, -0.2) is 4.39 Å². The lowest BCUT2D eigenvalue weighted by molar-refractivity contribution is 0.0286. The highest BCUT2D eigenvalue weighted by Crippen LogP contribution is 2.37. The molecular formula is C20H26FN3O3. The Bertz CT molecular complexity index is 862. The third-order valence-electron chi connectivity index (χ3n) is 5.20. The summed E-state index contributed by atoms with van der Waals surface area (Å²) < 4.78 is 26.8. The van der Waals surface area contributed by atoms with Gasteiger partial charge >= 0.3 is 0 Å². The largest absolute Gasteiger partial charge is 0.494 e. The average Bonchev–Trinajstić information content (AvgIpc) is 2.95. The van der Waals surface area contributed by atoms with E-state index in [1.165, 1.54) is 0 Å². The van der Waals surface area contributed by atoms with Crippen LogP contribution in [0.25, 0.3) is 10.9 Å². The zero-order valence-electron chi connectivity index (χ0n) is 15.7. The van der Waals surface area contributed by atoms with E-state index in [0.717, 1.165) is 22.3 Å². The number of benzene rings is 1. The van der Waals surface area contributed by atoms with Crippen LogP contribution in [0.1, 0.15) is 31.9 Å². The highest BCUT2D eigenvalue weighted by Gasteiger charge is 2.27. The second-order valence-electron chi connectivity index (χ2n) is 7.41. The van der Waals surface area contributed by atoms with E-state index in [2.05, 4.69) is 10.3 Å². The zero-order chi connectivity index (χ0) is 19.0. The van der Waals surface area contributed by atoms with E-state index in [0.29, 0.717) is 38.3 Å². The Kier molecular flexibility index (Phi) is 5.06. The van der Waals surface area contributed by atoms with Gasteiger partial charge in [0.25, 0.3) is 0 Å². The molecular weight excluding hydrogens is 349 g/mol. The van der Waals surface area contributed by atoms with Gasteiger partial charge in [-0.2, -0.15) is 0 Å². The summed E-state index contributed by atoms with van der Waals surface area (Å²) >= 11 is 0. The van der Waals surface area contributed by atoms with Crippen LogP contribution in [-0.2, 0) is 9.47 Å². The lowest BCUT2D eigenvalue weighted by Crippen LogP contribution is -2.39. The number of fused-ring (bicyclic) bond motifs is 1. The summed E-state index contributed by atoms with van der Waals surface area (Å²) in [7, 11) is 0. The first-order valence-electron chi connectivity index (χ1n) is 9.53. The van der Waals surface area contributed by atoms with Crippen molar-refractivity contribution in [2.45, 2.75) is 38.5 Å². The fraction of sp³-hybridized carbons (Fsp3) is 0.550. The molecule has 7 heteroatoms. The minimum atomic E-state index is -1.03. The lowest BCUT2D eigenvalue weighted by atomic mass is 10.0. The first-order chi connectivity index (χ1) is 13.1. The minimum absolute atomic E-state index is 0.0934. The van der Waals surface area contributed by atoms with Crippen LogP contribution in [0.2, 0.25) is 0 Å². The molecule has 27 heavy (non-hydrogen) atoms. The Morgan fingerprint density at radius 3 is 2.85 bits per heavy atom. The van der Waals surface area contributed by atoms with Crippen LogP contribution in [-0.4, -0.2) is 60.6 Å². The summed E-state index contributed by atoms with van der Waals surface area (Å²) in [5.74, 6) is 0.204. The van der Waals surface area contributed by atoms with Crippen molar-refractivity contribution >= 4 is 22.3 Å². The Morgan fingerprint density at radius 1 is 1.30 bits per heavy atom. The summed E-state index contributed by atoms with van der Waals surface area (Å²) in [5.41, 5.74) is 3.23. The van der Waals surface area contributed by atoms with Crippen LogP contribution in [0.5, 0.6) is 5.88 Å². The summed E-state index contributed by atoms with van der Waals surface area (Å²) in [6.07, 6.45) is -0.399. The molecule has 2 atom stereocenters. The molecule has 0 radical (unpaired) electrons. The molecule has 2 aromatic rings. The van der Waals surface area contributed by atoms with Crippen LogP contribution >= 0.6 is 0 Å². The highest BCUT2D eigenvalue weighted by atomic mass is 19.1. The van der Waals surface area contributed by atoms with Gasteiger partial charge in [-0.15, -0.1) is 0 Å². The van der Waals surface area contributed by atoms with Crippen LogP contribution in [0.4, 0.5) is 10.1 Å². The molecule has 4 rings (SSSR count). The third-order valence-corrected chi connectivity index (χ3v) is 5.20. The van der Waals surface area contributed by atoms with Gasteiger partial charge in [0.15, 0.2) is 0 Å². The smallest absolute Gasteiger partial charge is 0.201 e. The summed E-state index contributed by atoms with van der Waals surface area (Å²) in [4.78, 5) is 4.56. The molecule has 0 bridgehead atoms. The van der Waals surface area contributed by atoms with Gasteiger partial charge in [0.05, 0.1) is 49.2 Å². The maximum Gasteiger partial charge on any atom is 0.201 e. The van der Waals surface area contributed by atoms with Gasteiger partial charge < -0.3 is 24.5 Å². The van der Waals surface area contributed by atoms with Gasteiger partial charge in [0.1, 0.15) is 6.17 Å². The monoisotopic (exact) mass is 375 g/mol. The molecule has 1 aromatic carbocycles. The number of nitrogens with one attached hydrogen (secondary N) is 1. The van der Waals surface area contributed by atoms with E-state index in [1.807, 2.05) is 36.6 Å². The van der Waals surface area contributed by atoms with Crippen LogP contribution in [0, 0.1) is 0 Å². The molecule has 6 nitrogen and oxygen atoms in total. The van der Waals surface area contributed by atoms with E-state index in [9.17, 15) is 9.50 Å². The molecule has 1 fully saturated rings. The number of rotatable bonds is 4. The maximum absolute atomic E-state index is 14.1. The van der Waals surface area contributed by atoms with E-state index >= 15 is 0 Å². The number of hydrogen-bond acceptors (Lipinski definition) is 5. The molecule has 2 aliphatic rings. The van der Waals surface area contributed by atoms with Crippen LogP contribution in [0.3, 0.4) is 0 Å². The van der Waals surface area contributed by atoms with E-state index < -0.39 is 6.17 Å². The van der Waals surface area contributed by atoms with Crippen molar-refractivity contribution in [3.8, 4) is 5.88 Å². The van der Waals surface area contributed by atoms with Gasteiger partial charge in [-0.1, -0.05) is 0 Å². The summed E-state index contributed by atoms with van der Waals surface area (Å²) in [6, 6.07) is 5.71. The predicted molar refractivity (Wildman–Crippen MR) is 104 cm³/mol. The average molecular weight is 375 g/mol. The molecule has 2 unspecified atom stereocenters. The fourth-order valence-corrected chi connectivity index (χ4v) is 3.89. The summed E-state index contributed by atoms with van der Waals surface area (Å²) in [6.45, 7) is 6.32. The van der Waals surface area contributed by atoms with Crippen molar-refractivity contribution in [2.24, 2.45) is 4.99 Å². The van der Waals surface area contributed by atoms with Crippen molar-refractivity contribution in [1.29, 1.82) is 0 Å². The number of ether oxygens (including phenoxy) is 2. The number of aromatic hydroxyl groups is 1. The molecule has 2 aliphatic heterocycles. The quantitative estimate of drug-likeness (QED) is 0.861. The molecule has 0 saturated carbocycles. The number of anilines is 1. The van der Waals surface area contributed by atoms with Crippen LogP contribution in [0.15, 0.2) is 23.2 Å². The van der Waals surface area contributed by atoms with Crippen molar-refractivity contribution < 1.29 is 19.0 Å².